The molecular formula is C53H91N5O15S. The molecule has 3 fully saturated rings. The lowest BCUT2D eigenvalue weighted by Gasteiger charge is -2.49. The van der Waals surface area contributed by atoms with E-state index in [9.17, 15) is 43.9 Å². The predicted molar refractivity (Wildman–Crippen MR) is 275 cm³/mol. The monoisotopic (exact) mass is 1070 g/mol. The van der Waals surface area contributed by atoms with Crippen LogP contribution in [0.5, 0.6) is 0 Å². The number of hydrogen-bond donors (Lipinski definition) is 6. The number of carbonyl (C=O) groups is 1. The number of ether oxygens (including phenoxy) is 6. The fourth-order valence-electron chi connectivity index (χ4n) is 11.5. The number of hydrogen-bond acceptors (Lipinski definition) is 19. The number of aliphatic hydroxyl groups is 6. The number of likely N-dealkylation sites (N-methyl/N-ethyl adjacent to an activating group) is 2. The second-order valence-corrected chi connectivity index (χ2v) is 24.8. The zero-order valence-electron chi connectivity index (χ0n) is 46.4. The molecule has 19 atom stereocenters. The number of sulfone groups is 1. The first kappa shape index (κ1) is 62.1. The van der Waals surface area contributed by atoms with Gasteiger partial charge in [0.05, 0.1) is 64.8 Å². The van der Waals surface area contributed by atoms with Gasteiger partial charge in [-0.15, -0.1) is 5.10 Å². The summed E-state index contributed by atoms with van der Waals surface area (Å²) in [5.41, 5.74) is -2.89. The van der Waals surface area contributed by atoms with E-state index in [0.717, 1.165) is 12.0 Å². The van der Waals surface area contributed by atoms with E-state index >= 15 is 0 Å². The van der Waals surface area contributed by atoms with Gasteiger partial charge in [-0.05, 0) is 125 Å². The molecule has 6 N–H and O–H groups in total. The molecule has 4 heterocycles. The lowest BCUT2D eigenvalue weighted by Crippen LogP contribution is -2.61. The zero-order valence-corrected chi connectivity index (χ0v) is 47.2. The summed E-state index contributed by atoms with van der Waals surface area (Å²) in [5.74, 6) is -2.86. The van der Waals surface area contributed by atoms with Gasteiger partial charge in [0.1, 0.15) is 30.0 Å². The van der Waals surface area contributed by atoms with Crippen LogP contribution in [0.15, 0.2) is 35.4 Å². The second-order valence-electron chi connectivity index (χ2n) is 22.8. The second kappa shape index (κ2) is 25.8. The van der Waals surface area contributed by atoms with Gasteiger partial charge in [0, 0.05) is 63.5 Å². The van der Waals surface area contributed by atoms with Crippen LogP contribution in [0.2, 0.25) is 0 Å². The highest BCUT2D eigenvalue weighted by molar-refractivity contribution is 7.90. The Balaban J connectivity index is 1.39. The van der Waals surface area contributed by atoms with Crippen molar-refractivity contribution in [1.29, 1.82) is 0 Å². The number of benzene rings is 1. The molecule has 1 aromatic heterocycles. The molecule has 0 radical (unpaired) electrons. The van der Waals surface area contributed by atoms with Crippen molar-refractivity contribution in [1.82, 2.24) is 24.8 Å². The maximum absolute atomic E-state index is 14.5. The Labute approximate surface area is 439 Å². The van der Waals surface area contributed by atoms with Crippen molar-refractivity contribution in [2.24, 2.45) is 17.8 Å². The smallest absolute Gasteiger partial charge is 0.311 e. The maximum Gasteiger partial charge on any atom is 0.311 e. The summed E-state index contributed by atoms with van der Waals surface area (Å²) in [6.45, 7) is 18.2. The minimum absolute atomic E-state index is 0.0864. The minimum atomic E-state index is -3.28. The third-order valence-corrected chi connectivity index (χ3v) is 17.5. The third-order valence-electron chi connectivity index (χ3n) is 16.3. The van der Waals surface area contributed by atoms with E-state index in [1.54, 1.807) is 77.4 Å². The van der Waals surface area contributed by atoms with Crippen molar-refractivity contribution in [3.8, 4) is 0 Å². The molecule has 74 heavy (non-hydrogen) atoms. The van der Waals surface area contributed by atoms with Crippen molar-refractivity contribution in [3.63, 3.8) is 0 Å². The highest BCUT2D eigenvalue weighted by atomic mass is 32.2. The van der Waals surface area contributed by atoms with Crippen LogP contribution in [0.3, 0.4) is 0 Å². The van der Waals surface area contributed by atoms with E-state index in [0.29, 0.717) is 44.5 Å². The van der Waals surface area contributed by atoms with Crippen molar-refractivity contribution in [2.75, 3.05) is 47.2 Å². The Morgan fingerprint density at radius 3 is 2.23 bits per heavy atom. The summed E-state index contributed by atoms with van der Waals surface area (Å²) in [4.78, 5) is 18.7. The number of nitrogens with zero attached hydrogens (tertiary/aromatic N) is 5. The van der Waals surface area contributed by atoms with Gasteiger partial charge in [-0.3, -0.25) is 4.79 Å². The predicted octanol–water partition coefficient (Wildman–Crippen LogP) is 3.06. The standard InChI is InChI=1S/C53H91N5O15S/c1-15-42-53(10,65)46(61)35(6)57(12)28-31(2)26-51(8,64)48(33(4)45(34(5)49(63)71-42)72-43-27-52(9,68-13)47(62)36(7)70-43)73-50-44(60)41(25-32(3)69-50)56(11)24-23-38-29-58(55-54-38)39(30-59)18-16-17-37-19-21-40(22-20-37)74(14,66)67/h19-22,29,31-36,39,41-48,50,59-62,64-65H,15-18,23-28,30H2,1-14H3/t31-,32-,33+,34-,35-,36+,39+,41+,42-,43+,44-,45+,46-,47+,48-,50+,51-,52-,53-/m1/s1. The molecule has 0 aliphatic carbocycles. The van der Waals surface area contributed by atoms with Gasteiger partial charge in [-0.2, -0.15) is 0 Å². The van der Waals surface area contributed by atoms with E-state index < -0.39 is 118 Å². The Hall–Kier alpha value is -2.74. The molecular weight excluding hydrogens is 979 g/mol. The quantitative estimate of drug-likeness (QED) is 0.124. The van der Waals surface area contributed by atoms with Crippen molar-refractivity contribution < 1.29 is 72.3 Å². The molecule has 1 aromatic carbocycles. The SMILES string of the molecule is CC[C@H]1OC(=O)[C@H](C)[C@@H](O[C@H]2C[C@@](C)(OC)[C@@H](O)[C@H](C)O2)[C@H](C)[C@@H](O[C@@H]2O[C@H](C)C[C@H](N(C)CCc3cn([C@H](CO)CCCc4ccc(S(C)(=O)=O)cc4)nn3)[C@H]2O)[C@](C)(O)C[C@@H](C)CN(C)[C@H](C)[C@@H](O)[C@]1(C)O. The van der Waals surface area contributed by atoms with Crippen LogP contribution in [-0.4, -0.2) is 207 Å². The molecule has 0 saturated carbocycles. The van der Waals surface area contributed by atoms with Crippen LogP contribution in [0.1, 0.15) is 125 Å². The maximum atomic E-state index is 14.5. The average Bonchev–Trinajstić information content (AvgIpc) is 3.81. The first-order valence-electron chi connectivity index (χ1n) is 26.5. The molecule has 2 aromatic rings. The molecule has 20 nitrogen and oxygen atoms in total. The Kier molecular flexibility index (Phi) is 21.7. The molecule has 424 valence electrons. The summed E-state index contributed by atoms with van der Waals surface area (Å²) in [7, 11) is 1.94. The molecule has 0 spiro atoms. The van der Waals surface area contributed by atoms with Crippen molar-refractivity contribution in [2.45, 2.75) is 222 Å². The first-order valence-corrected chi connectivity index (χ1v) is 28.4. The van der Waals surface area contributed by atoms with Gasteiger partial charge in [-0.25, -0.2) is 13.1 Å². The number of rotatable bonds is 17. The molecule has 0 unspecified atom stereocenters. The fraction of sp³-hybridized carbons (Fsp3) is 0.830. The van der Waals surface area contributed by atoms with E-state index in [1.165, 1.54) is 20.3 Å². The Bertz CT molecular complexity index is 2180. The molecule has 3 saturated heterocycles. The minimum Gasteiger partial charge on any atom is -0.459 e. The summed E-state index contributed by atoms with van der Waals surface area (Å²) in [6.07, 6.45) is -3.83. The third kappa shape index (κ3) is 15.1. The number of methoxy groups -OCH3 is 1. The largest absolute Gasteiger partial charge is 0.459 e. The summed E-state index contributed by atoms with van der Waals surface area (Å²) in [6, 6.07) is 5.46. The number of cyclic esters (lactones) is 1. The number of carbonyl (C=O) groups excluding carboxylic acids is 1. The van der Waals surface area contributed by atoms with Gasteiger partial charge in [-0.1, -0.05) is 38.1 Å². The van der Waals surface area contributed by atoms with Gasteiger partial charge >= 0.3 is 5.97 Å². The lowest BCUT2D eigenvalue weighted by atomic mass is 9.77. The molecule has 3 aliphatic rings. The van der Waals surface area contributed by atoms with Crippen LogP contribution in [0.25, 0.3) is 0 Å². The molecule has 3 aliphatic heterocycles. The van der Waals surface area contributed by atoms with Gasteiger partial charge in [0.25, 0.3) is 0 Å². The highest BCUT2D eigenvalue weighted by Gasteiger charge is 2.53. The molecule has 5 rings (SSSR count). The molecule has 21 heteroatoms. The van der Waals surface area contributed by atoms with Crippen LogP contribution in [-0.2, 0) is 55.9 Å². The van der Waals surface area contributed by atoms with Gasteiger partial charge in [0.15, 0.2) is 22.4 Å². The van der Waals surface area contributed by atoms with Crippen LogP contribution >= 0.6 is 0 Å². The topological polar surface area (TPSA) is 265 Å². The Morgan fingerprint density at radius 2 is 1.62 bits per heavy atom. The summed E-state index contributed by atoms with van der Waals surface area (Å²) >= 11 is 0. The van der Waals surface area contributed by atoms with Crippen LogP contribution in [0, 0.1) is 17.8 Å². The summed E-state index contributed by atoms with van der Waals surface area (Å²) in [5, 5.41) is 78.8. The van der Waals surface area contributed by atoms with E-state index in [4.69, 9.17) is 28.4 Å². The fourth-order valence-corrected chi connectivity index (χ4v) is 12.1. The first-order chi connectivity index (χ1) is 34.5. The van der Waals surface area contributed by atoms with E-state index in [2.05, 4.69) is 10.3 Å². The van der Waals surface area contributed by atoms with Gasteiger partial charge in [0.2, 0.25) is 0 Å². The Morgan fingerprint density at radius 1 is 0.959 bits per heavy atom. The number of aromatic nitrogens is 3. The van der Waals surface area contributed by atoms with Crippen LogP contribution in [0.4, 0.5) is 0 Å². The van der Waals surface area contributed by atoms with Gasteiger partial charge < -0.3 is 68.9 Å². The summed E-state index contributed by atoms with van der Waals surface area (Å²) < 4.78 is 63.7. The van der Waals surface area contributed by atoms with Crippen molar-refractivity contribution in [3.05, 3.63) is 41.7 Å². The van der Waals surface area contributed by atoms with E-state index in [-0.39, 0.29) is 42.7 Å². The highest BCUT2D eigenvalue weighted by Crippen LogP contribution is 2.40. The molecule has 0 amide bonds. The zero-order chi connectivity index (χ0) is 55.2. The number of aliphatic hydroxyl groups excluding tert-OH is 4. The van der Waals surface area contributed by atoms with Crippen LogP contribution < -0.4 is 0 Å². The normalized spacial score (nSPS) is 39.0. The molecule has 0 bridgehead atoms. The van der Waals surface area contributed by atoms with Crippen molar-refractivity contribution >= 4 is 15.8 Å². The lowest BCUT2D eigenvalue weighted by molar-refractivity contribution is -0.318. The number of aryl methyl sites for hydroxylation is 1. The average molecular weight is 1070 g/mol. The van der Waals surface area contributed by atoms with E-state index in [1.807, 2.05) is 43.9 Å². The number of esters is 1.